The number of rotatable bonds is 6. The summed E-state index contributed by atoms with van der Waals surface area (Å²) in [5, 5.41) is 12.5. The molecule has 0 radical (unpaired) electrons. The molecule has 1 fully saturated rings. The van der Waals surface area contributed by atoms with E-state index in [4.69, 9.17) is 5.11 Å². The smallest absolute Gasteiger partial charge is 0.0434 e. The van der Waals surface area contributed by atoms with Gasteiger partial charge in [0.05, 0.1) is 0 Å². The number of hydrogen-bond donors (Lipinski definition) is 2. The van der Waals surface area contributed by atoms with Gasteiger partial charge < -0.3 is 15.3 Å². The lowest BCUT2D eigenvalue weighted by molar-refractivity contribution is 0.255. The minimum Gasteiger partial charge on any atom is -0.396 e. The highest BCUT2D eigenvalue weighted by Crippen LogP contribution is 2.19. The molecule has 0 spiro atoms. The van der Waals surface area contributed by atoms with Crippen LogP contribution in [0.5, 0.6) is 0 Å². The monoisotopic (exact) mass is 262 g/mol. The first kappa shape index (κ1) is 14.4. The van der Waals surface area contributed by atoms with Crippen LogP contribution in [-0.4, -0.2) is 37.4 Å². The quantitative estimate of drug-likeness (QED) is 0.825. The average molecular weight is 262 g/mol. The van der Waals surface area contributed by atoms with Crippen molar-refractivity contribution in [2.45, 2.75) is 32.2 Å². The van der Waals surface area contributed by atoms with Crippen LogP contribution >= 0.6 is 0 Å². The van der Waals surface area contributed by atoms with Crippen molar-refractivity contribution in [3.63, 3.8) is 0 Å². The van der Waals surface area contributed by atoms with Crippen LogP contribution in [0.15, 0.2) is 30.3 Å². The van der Waals surface area contributed by atoms with Crippen molar-refractivity contribution in [1.29, 1.82) is 0 Å². The Morgan fingerprint density at radius 1 is 1.26 bits per heavy atom. The van der Waals surface area contributed by atoms with Crippen LogP contribution in [0.1, 0.15) is 26.2 Å². The molecule has 106 valence electrons. The van der Waals surface area contributed by atoms with Gasteiger partial charge in [-0.2, -0.15) is 0 Å². The van der Waals surface area contributed by atoms with Gasteiger partial charge in [-0.3, -0.25) is 0 Å². The van der Waals surface area contributed by atoms with Crippen LogP contribution in [0.2, 0.25) is 0 Å². The summed E-state index contributed by atoms with van der Waals surface area (Å²) in [5.74, 6) is 0.567. The standard InChI is InChI=1S/C16H26N2O/c1-14(9-12-19)13-17-15-7-10-18(11-8-15)16-5-3-2-4-6-16/h2-6,14-15,17,19H,7-13H2,1H3. The molecule has 3 heteroatoms. The molecule has 0 aromatic heterocycles. The summed E-state index contributed by atoms with van der Waals surface area (Å²) in [5.41, 5.74) is 1.34. The molecule has 1 aromatic carbocycles. The van der Waals surface area contributed by atoms with E-state index in [1.165, 1.54) is 18.5 Å². The Balaban J connectivity index is 1.71. The Morgan fingerprint density at radius 3 is 2.58 bits per heavy atom. The van der Waals surface area contributed by atoms with E-state index >= 15 is 0 Å². The molecule has 1 aliphatic heterocycles. The molecule has 2 rings (SSSR count). The van der Waals surface area contributed by atoms with Crippen molar-refractivity contribution in [1.82, 2.24) is 5.32 Å². The Hall–Kier alpha value is -1.06. The molecule has 0 saturated carbocycles. The number of nitrogens with one attached hydrogen (secondary N) is 1. The number of aliphatic hydroxyl groups excluding tert-OH is 1. The molecule has 1 heterocycles. The van der Waals surface area contributed by atoms with Gasteiger partial charge in [0.15, 0.2) is 0 Å². The Labute approximate surface area is 116 Å². The van der Waals surface area contributed by atoms with Crippen molar-refractivity contribution < 1.29 is 5.11 Å². The van der Waals surface area contributed by atoms with E-state index in [-0.39, 0.29) is 0 Å². The number of anilines is 1. The summed E-state index contributed by atoms with van der Waals surface area (Å²) in [6, 6.07) is 11.3. The number of hydrogen-bond acceptors (Lipinski definition) is 3. The van der Waals surface area contributed by atoms with Crippen LogP contribution in [0.4, 0.5) is 5.69 Å². The molecule has 1 aromatic rings. The van der Waals surface area contributed by atoms with Crippen molar-refractivity contribution in [3.05, 3.63) is 30.3 Å². The number of para-hydroxylation sites is 1. The maximum atomic E-state index is 8.90. The third-order valence-electron chi connectivity index (χ3n) is 3.99. The van der Waals surface area contributed by atoms with Crippen molar-refractivity contribution >= 4 is 5.69 Å². The Kier molecular flexibility index (Phi) is 5.67. The average Bonchev–Trinajstić information content (AvgIpc) is 2.47. The highest BCUT2D eigenvalue weighted by molar-refractivity contribution is 5.46. The van der Waals surface area contributed by atoms with Crippen molar-refractivity contribution in [2.75, 3.05) is 31.1 Å². The number of benzene rings is 1. The van der Waals surface area contributed by atoms with Crippen LogP contribution in [0, 0.1) is 5.92 Å². The second-order valence-corrected chi connectivity index (χ2v) is 5.62. The first-order valence-corrected chi connectivity index (χ1v) is 7.44. The topological polar surface area (TPSA) is 35.5 Å². The van der Waals surface area contributed by atoms with Gasteiger partial charge in [0.2, 0.25) is 0 Å². The molecular weight excluding hydrogens is 236 g/mol. The third kappa shape index (κ3) is 4.51. The van der Waals surface area contributed by atoms with E-state index in [0.29, 0.717) is 18.6 Å². The molecule has 3 nitrogen and oxygen atoms in total. The van der Waals surface area contributed by atoms with Crippen LogP contribution < -0.4 is 10.2 Å². The molecule has 0 aliphatic carbocycles. The maximum Gasteiger partial charge on any atom is 0.0434 e. The second kappa shape index (κ2) is 7.51. The first-order chi connectivity index (χ1) is 9.29. The van der Waals surface area contributed by atoms with Crippen molar-refractivity contribution in [2.24, 2.45) is 5.92 Å². The number of nitrogens with zero attached hydrogens (tertiary/aromatic N) is 1. The van der Waals surface area contributed by atoms with E-state index in [1.54, 1.807) is 0 Å². The van der Waals surface area contributed by atoms with E-state index < -0.39 is 0 Å². The van der Waals surface area contributed by atoms with Crippen LogP contribution in [-0.2, 0) is 0 Å². The molecule has 0 amide bonds. The highest BCUT2D eigenvalue weighted by Gasteiger charge is 2.19. The Bertz CT molecular complexity index is 347. The minimum absolute atomic E-state index is 0.301. The second-order valence-electron chi connectivity index (χ2n) is 5.62. The molecule has 1 unspecified atom stereocenters. The zero-order valence-corrected chi connectivity index (χ0v) is 11.9. The lowest BCUT2D eigenvalue weighted by Gasteiger charge is -2.34. The van der Waals surface area contributed by atoms with Gasteiger partial charge in [0.1, 0.15) is 0 Å². The van der Waals surface area contributed by atoms with Gasteiger partial charge in [-0.1, -0.05) is 25.1 Å². The predicted octanol–water partition coefficient (Wildman–Crippen LogP) is 2.26. The van der Waals surface area contributed by atoms with Gasteiger partial charge in [-0.25, -0.2) is 0 Å². The van der Waals surface area contributed by atoms with Gasteiger partial charge in [0.25, 0.3) is 0 Å². The van der Waals surface area contributed by atoms with Crippen LogP contribution in [0.25, 0.3) is 0 Å². The van der Waals surface area contributed by atoms with Crippen molar-refractivity contribution in [3.8, 4) is 0 Å². The van der Waals surface area contributed by atoms with Gasteiger partial charge in [-0.05, 0) is 43.9 Å². The van der Waals surface area contributed by atoms with E-state index in [2.05, 4.69) is 47.5 Å². The first-order valence-electron chi connectivity index (χ1n) is 7.44. The Morgan fingerprint density at radius 2 is 1.95 bits per heavy atom. The lowest BCUT2D eigenvalue weighted by Crippen LogP contribution is -2.43. The normalized spacial score (nSPS) is 18.5. The van der Waals surface area contributed by atoms with Gasteiger partial charge >= 0.3 is 0 Å². The zero-order valence-electron chi connectivity index (χ0n) is 11.9. The summed E-state index contributed by atoms with van der Waals surface area (Å²) in [7, 11) is 0. The molecule has 0 bridgehead atoms. The summed E-state index contributed by atoms with van der Waals surface area (Å²) in [4.78, 5) is 2.47. The van der Waals surface area contributed by atoms with Gasteiger partial charge in [0, 0.05) is 31.4 Å². The van der Waals surface area contributed by atoms with E-state index in [0.717, 1.165) is 26.1 Å². The molecule has 2 N–H and O–H groups in total. The summed E-state index contributed by atoms with van der Waals surface area (Å²) in [6.45, 7) is 5.79. The summed E-state index contributed by atoms with van der Waals surface area (Å²) >= 11 is 0. The maximum absolute atomic E-state index is 8.90. The number of aliphatic hydroxyl groups is 1. The third-order valence-corrected chi connectivity index (χ3v) is 3.99. The molecular formula is C16H26N2O. The van der Waals surface area contributed by atoms with E-state index in [9.17, 15) is 0 Å². The molecule has 1 aliphatic rings. The number of piperidine rings is 1. The SMILES string of the molecule is CC(CCO)CNC1CCN(c2ccccc2)CC1. The fourth-order valence-corrected chi connectivity index (χ4v) is 2.67. The minimum atomic E-state index is 0.301. The predicted molar refractivity (Wildman–Crippen MR) is 80.5 cm³/mol. The molecule has 1 atom stereocenters. The highest BCUT2D eigenvalue weighted by atomic mass is 16.3. The van der Waals surface area contributed by atoms with Crippen LogP contribution in [0.3, 0.4) is 0 Å². The lowest BCUT2D eigenvalue weighted by atomic mass is 10.0. The largest absolute Gasteiger partial charge is 0.396 e. The summed E-state index contributed by atoms with van der Waals surface area (Å²) in [6.07, 6.45) is 3.32. The zero-order chi connectivity index (χ0) is 13.5. The molecule has 1 saturated heterocycles. The molecule has 19 heavy (non-hydrogen) atoms. The summed E-state index contributed by atoms with van der Waals surface area (Å²) < 4.78 is 0. The fraction of sp³-hybridized carbons (Fsp3) is 0.625. The van der Waals surface area contributed by atoms with Gasteiger partial charge in [-0.15, -0.1) is 0 Å². The van der Waals surface area contributed by atoms with E-state index in [1.807, 2.05) is 0 Å². The fourth-order valence-electron chi connectivity index (χ4n) is 2.67.